The van der Waals surface area contributed by atoms with E-state index in [-0.39, 0.29) is 23.2 Å². The summed E-state index contributed by atoms with van der Waals surface area (Å²) in [5, 5.41) is 21.3. The molecule has 3 atom stereocenters. The van der Waals surface area contributed by atoms with Crippen LogP contribution in [0.4, 0.5) is 5.82 Å². The molecular weight excluding hydrogens is 400 g/mol. The smallest absolute Gasteiger partial charge is 0.344 e. The van der Waals surface area contributed by atoms with Crippen molar-refractivity contribution in [2.75, 3.05) is 12.3 Å². The minimum Gasteiger partial charge on any atom is -0.479 e. The van der Waals surface area contributed by atoms with Crippen molar-refractivity contribution in [1.29, 1.82) is 0 Å². The molecule has 0 saturated carbocycles. The third kappa shape index (κ3) is 3.75. The second-order valence-electron chi connectivity index (χ2n) is 5.73. The van der Waals surface area contributed by atoms with Gasteiger partial charge in [-0.15, -0.1) is 0 Å². The zero-order chi connectivity index (χ0) is 20.4. The van der Waals surface area contributed by atoms with Crippen LogP contribution in [0, 0.1) is 0 Å². The van der Waals surface area contributed by atoms with Crippen molar-refractivity contribution in [3.63, 3.8) is 0 Å². The molecule has 0 bridgehead atoms. The van der Waals surface area contributed by atoms with E-state index in [4.69, 9.17) is 42.6 Å². The van der Waals surface area contributed by atoms with Gasteiger partial charge in [0.05, 0.1) is 25.1 Å². The van der Waals surface area contributed by atoms with Crippen molar-refractivity contribution in [3.8, 4) is 0 Å². The Labute approximate surface area is 160 Å². The lowest BCUT2D eigenvalue weighted by molar-refractivity contribution is -0.168. The van der Waals surface area contributed by atoms with Gasteiger partial charge in [-0.1, -0.05) is 5.11 Å². The third-order valence-electron chi connectivity index (χ3n) is 4.01. The van der Waals surface area contributed by atoms with Crippen LogP contribution in [0.15, 0.2) is 11.4 Å². The first-order chi connectivity index (χ1) is 13.3. The van der Waals surface area contributed by atoms with E-state index >= 15 is 0 Å². The number of carbonyl (C=O) groups is 2. The first-order valence-corrected chi connectivity index (χ1v) is 8.12. The summed E-state index contributed by atoms with van der Waals surface area (Å²) in [4.78, 5) is 36.6. The van der Waals surface area contributed by atoms with E-state index in [1.807, 2.05) is 0 Å². The van der Waals surface area contributed by atoms with Crippen LogP contribution in [0.1, 0.15) is 12.6 Å². The quantitative estimate of drug-likeness (QED) is 0.189. The molecule has 0 aliphatic carbocycles. The third-order valence-corrected chi connectivity index (χ3v) is 4.18. The molecule has 1 saturated heterocycles. The van der Waals surface area contributed by atoms with Crippen LogP contribution < -0.4 is 5.73 Å². The predicted octanol–water partition coefficient (Wildman–Crippen LogP) is 0.583. The number of nitrogens with two attached hydrogens (primary N) is 1. The zero-order valence-electron chi connectivity index (χ0n) is 13.9. The summed E-state index contributed by atoms with van der Waals surface area (Å²) >= 11 is 5.83. The molecule has 1 aliphatic rings. The Morgan fingerprint density at radius 3 is 2.86 bits per heavy atom. The van der Waals surface area contributed by atoms with Gasteiger partial charge in [0.2, 0.25) is 5.28 Å². The summed E-state index contributed by atoms with van der Waals surface area (Å²) in [6.07, 6.45) is -2.11. The Morgan fingerprint density at radius 1 is 1.50 bits per heavy atom. The maximum atomic E-state index is 10.9. The van der Waals surface area contributed by atoms with E-state index in [9.17, 15) is 9.59 Å². The lowest BCUT2D eigenvalue weighted by Gasteiger charge is -2.17. The Morgan fingerprint density at radius 2 is 2.21 bits per heavy atom. The van der Waals surface area contributed by atoms with Gasteiger partial charge in [0.15, 0.2) is 11.5 Å². The Bertz CT molecular complexity index is 961. The molecular formula is C13H13ClN8O6. The van der Waals surface area contributed by atoms with Crippen LogP contribution in [0.25, 0.3) is 21.6 Å². The number of hydrogen-bond donors (Lipinski definition) is 3. The number of carboxylic acid groups (broad SMARTS) is 2. The molecule has 0 spiro atoms. The second-order valence-corrected chi connectivity index (χ2v) is 6.07. The topological polar surface area (TPSA) is 211 Å². The van der Waals surface area contributed by atoms with Gasteiger partial charge < -0.3 is 25.4 Å². The number of azide groups is 1. The summed E-state index contributed by atoms with van der Waals surface area (Å²) in [5.41, 5.74) is 15.1. The number of imidazole rings is 1. The molecule has 1 fully saturated rings. The second kappa shape index (κ2) is 7.82. The number of aliphatic carboxylic acids is 2. The molecule has 0 radical (unpaired) electrons. The molecule has 148 valence electrons. The number of carboxylic acids is 2. The van der Waals surface area contributed by atoms with Crippen molar-refractivity contribution in [2.24, 2.45) is 5.11 Å². The fraction of sp³-hybridized carbons (Fsp3) is 0.462. The van der Waals surface area contributed by atoms with Crippen LogP contribution in [-0.2, 0) is 19.1 Å². The van der Waals surface area contributed by atoms with E-state index in [1.54, 1.807) is 0 Å². The molecule has 28 heavy (non-hydrogen) atoms. The monoisotopic (exact) mass is 412 g/mol. The molecule has 14 nitrogen and oxygen atoms in total. The number of hydrogen-bond acceptors (Lipinski definition) is 9. The van der Waals surface area contributed by atoms with Gasteiger partial charge in [-0.25, -0.2) is 14.6 Å². The fourth-order valence-corrected chi connectivity index (χ4v) is 2.96. The fourth-order valence-electron chi connectivity index (χ4n) is 2.78. The van der Waals surface area contributed by atoms with Crippen LogP contribution >= 0.6 is 11.6 Å². The van der Waals surface area contributed by atoms with Crippen LogP contribution in [-0.4, -0.2) is 66.5 Å². The summed E-state index contributed by atoms with van der Waals surface area (Å²) in [5.74, 6) is -3.25. The summed E-state index contributed by atoms with van der Waals surface area (Å²) in [7, 11) is 0. The molecule has 0 amide bonds. The number of rotatable bonds is 7. The van der Waals surface area contributed by atoms with E-state index in [0.717, 1.165) is 0 Å². The molecule has 1 unspecified atom stereocenters. The highest BCUT2D eigenvalue weighted by Crippen LogP contribution is 2.34. The largest absolute Gasteiger partial charge is 0.479 e. The molecule has 1 aliphatic heterocycles. The van der Waals surface area contributed by atoms with E-state index in [0.29, 0.717) is 5.52 Å². The van der Waals surface area contributed by atoms with Crippen molar-refractivity contribution in [2.45, 2.75) is 30.9 Å². The highest BCUT2D eigenvalue weighted by Gasteiger charge is 2.38. The number of nitrogen functional groups attached to an aromatic ring is 1. The minimum absolute atomic E-state index is 0.0731. The average molecular weight is 413 g/mol. The summed E-state index contributed by atoms with van der Waals surface area (Å²) < 4.78 is 12.2. The van der Waals surface area contributed by atoms with Gasteiger partial charge in [-0.3, -0.25) is 4.57 Å². The number of ether oxygens (including phenoxy) is 2. The lowest BCUT2D eigenvalue weighted by Crippen LogP contribution is -2.37. The van der Waals surface area contributed by atoms with Crippen LogP contribution in [0.2, 0.25) is 5.28 Å². The minimum atomic E-state index is -2.07. The number of fused-ring (bicyclic) bond motifs is 1. The molecule has 4 N–H and O–H groups in total. The van der Waals surface area contributed by atoms with Crippen molar-refractivity contribution >= 4 is 40.5 Å². The van der Waals surface area contributed by atoms with Crippen molar-refractivity contribution < 1.29 is 29.3 Å². The molecule has 15 heteroatoms. The Balaban J connectivity index is 1.83. The van der Waals surface area contributed by atoms with Gasteiger partial charge >= 0.3 is 11.9 Å². The maximum Gasteiger partial charge on any atom is 0.344 e. The maximum absolute atomic E-state index is 10.9. The first kappa shape index (κ1) is 19.6. The number of anilines is 1. The highest BCUT2D eigenvalue weighted by molar-refractivity contribution is 6.28. The van der Waals surface area contributed by atoms with Gasteiger partial charge in [-0.05, 0) is 17.1 Å². The number of aromatic nitrogens is 4. The van der Waals surface area contributed by atoms with Crippen molar-refractivity contribution in [1.82, 2.24) is 19.5 Å². The molecule has 2 aromatic heterocycles. The van der Waals surface area contributed by atoms with E-state index in [2.05, 4.69) is 25.0 Å². The lowest BCUT2D eigenvalue weighted by atomic mass is 10.1. The number of nitrogens with zero attached hydrogens (tertiary/aromatic N) is 7. The molecule has 0 aromatic carbocycles. The van der Waals surface area contributed by atoms with Gasteiger partial charge in [0.1, 0.15) is 11.7 Å². The highest BCUT2D eigenvalue weighted by atomic mass is 35.5. The standard InChI is InChI=1S/C13H13ClN8O6/c14-13-18-9(15)7-10(19-13)22(3-17-7)6-1-4(20-21-16)5(28-6)2-27-8(11(23)24)12(25)26/h3-6,8H,1-2H2,(H,23,24)(H,25,26)(H2,15,18,19)/t4?,5-,6-/m1/s1. The normalized spacial score (nSPS) is 21.7. The van der Waals surface area contributed by atoms with E-state index < -0.39 is 43.0 Å². The first-order valence-electron chi connectivity index (χ1n) is 7.74. The molecule has 3 heterocycles. The van der Waals surface area contributed by atoms with Crippen molar-refractivity contribution in [3.05, 3.63) is 22.1 Å². The van der Waals surface area contributed by atoms with Gasteiger partial charge in [-0.2, -0.15) is 9.97 Å². The molecule has 3 rings (SSSR count). The van der Waals surface area contributed by atoms with Crippen LogP contribution in [0.5, 0.6) is 0 Å². The summed E-state index contributed by atoms with van der Waals surface area (Å²) in [6, 6.07) is -0.745. The Kier molecular flexibility index (Phi) is 5.46. The Hall–Kier alpha value is -3.19. The summed E-state index contributed by atoms with van der Waals surface area (Å²) in [6.45, 7) is -0.423. The average Bonchev–Trinajstić information content (AvgIpc) is 3.19. The molecule has 2 aromatic rings. The predicted molar refractivity (Wildman–Crippen MR) is 91.2 cm³/mol. The SMILES string of the molecule is [N-]=[N+]=NC1C[C@H](n2cnc3c(N)nc(Cl)nc32)O[C@@H]1COC(C(=O)O)C(=O)O. The van der Waals surface area contributed by atoms with Gasteiger partial charge in [0.25, 0.3) is 6.10 Å². The number of halogens is 1. The van der Waals surface area contributed by atoms with Crippen LogP contribution in [0.3, 0.4) is 0 Å². The van der Waals surface area contributed by atoms with Gasteiger partial charge in [0, 0.05) is 11.3 Å². The van der Waals surface area contributed by atoms with E-state index in [1.165, 1.54) is 10.9 Å². The zero-order valence-corrected chi connectivity index (χ0v) is 14.7.